The Morgan fingerprint density at radius 3 is 2.65 bits per heavy atom. The van der Waals surface area contributed by atoms with E-state index in [4.69, 9.17) is 4.74 Å². The van der Waals surface area contributed by atoms with Gasteiger partial charge in [0.15, 0.2) is 0 Å². The number of ether oxygens (including phenoxy) is 1. The highest BCUT2D eigenvalue weighted by molar-refractivity contribution is 6.05. The number of carbonyl (C=O) groups excluding carboxylic acids is 2. The number of aromatic amines is 1. The van der Waals surface area contributed by atoms with Gasteiger partial charge in [-0.2, -0.15) is 18.2 Å². The van der Waals surface area contributed by atoms with Crippen molar-refractivity contribution in [3.8, 4) is 5.75 Å². The van der Waals surface area contributed by atoms with Gasteiger partial charge in [-0.3, -0.25) is 29.5 Å². The van der Waals surface area contributed by atoms with Crippen LogP contribution in [0.4, 0.5) is 42.0 Å². The molecule has 1 aliphatic rings. The van der Waals surface area contributed by atoms with Crippen molar-refractivity contribution >= 4 is 40.6 Å². The predicted molar refractivity (Wildman–Crippen MR) is 124 cm³/mol. The number of alkyl halides is 3. The van der Waals surface area contributed by atoms with Crippen LogP contribution in [0.5, 0.6) is 5.75 Å². The second-order valence-corrected chi connectivity index (χ2v) is 7.82. The second kappa shape index (κ2) is 9.60. The van der Waals surface area contributed by atoms with Gasteiger partial charge in [-0.25, -0.2) is 0 Å². The minimum Gasteiger partial charge on any atom is -0.494 e. The smallest absolute Gasteiger partial charge is 0.416 e. The molecule has 1 unspecified atom stereocenters. The molecule has 0 radical (unpaired) electrons. The van der Waals surface area contributed by atoms with Gasteiger partial charge in [0.1, 0.15) is 11.6 Å². The lowest BCUT2D eigenvalue weighted by atomic mass is 9.92. The van der Waals surface area contributed by atoms with E-state index in [0.29, 0.717) is 0 Å². The van der Waals surface area contributed by atoms with Gasteiger partial charge in [0.2, 0.25) is 17.8 Å². The Kier molecular flexibility index (Phi) is 6.52. The first-order chi connectivity index (χ1) is 17.5. The second-order valence-electron chi connectivity index (χ2n) is 7.82. The van der Waals surface area contributed by atoms with Gasteiger partial charge in [-0.1, -0.05) is 6.07 Å². The number of fused-ring (bicyclic) bond motifs is 1. The normalized spacial score (nSPS) is 14.8. The van der Waals surface area contributed by atoms with Gasteiger partial charge in [0, 0.05) is 18.2 Å². The van der Waals surface area contributed by atoms with E-state index in [0.717, 1.165) is 30.3 Å². The SMILES string of the molecule is COc1cc([N+](=O)[O-])ccc1NC(=O)C1CC(=O)Nc2nc(Nc3cccc(C(F)(F)F)c3)[nH]c(=O)c21. The van der Waals surface area contributed by atoms with Gasteiger partial charge < -0.3 is 20.7 Å². The van der Waals surface area contributed by atoms with Crippen LogP contribution >= 0.6 is 0 Å². The zero-order chi connectivity index (χ0) is 26.9. The van der Waals surface area contributed by atoms with Crippen molar-refractivity contribution in [3.63, 3.8) is 0 Å². The number of aromatic nitrogens is 2. The first-order valence-corrected chi connectivity index (χ1v) is 10.5. The molecule has 192 valence electrons. The summed E-state index contributed by atoms with van der Waals surface area (Å²) in [5, 5.41) is 18.4. The summed E-state index contributed by atoms with van der Waals surface area (Å²) in [6, 6.07) is 7.64. The lowest BCUT2D eigenvalue weighted by Crippen LogP contribution is -2.36. The van der Waals surface area contributed by atoms with E-state index in [1.165, 1.54) is 19.2 Å². The fourth-order valence-electron chi connectivity index (χ4n) is 3.68. The molecule has 0 bridgehead atoms. The van der Waals surface area contributed by atoms with Crippen LogP contribution in [0, 0.1) is 10.1 Å². The van der Waals surface area contributed by atoms with Gasteiger partial charge in [0.25, 0.3) is 11.2 Å². The van der Waals surface area contributed by atoms with Crippen molar-refractivity contribution in [1.82, 2.24) is 9.97 Å². The first-order valence-electron chi connectivity index (χ1n) is 10.5. The molecule has 12 nitrogen and oxygen atoms in total. The molecule has 0 saturated heterocycles. The summed E-state index contributed by atoms with van der Waals surface area (Å²) in [7, 11) is 1.24. The van der Waals surface area contributed by atoms with Crippen LogP contribution in [0.3, 0.4) is 0 Å². The van der Waals surface area contributed by atoms with Crippen LogP contribution in [0.25, 0.3) is 0 Å². The Morgan fingerprint density at radius 2 is 1.97 bits per heavy atom. The maximum atomic E-state index is 13.0. The molecule has 0 aliphatic carbocycles. The summed E-state index contributed by atoms with van der Waals surface area (Å²) < 4.78 is 44.1. The van der Waals surface area contributed by atoms with Crippen molar-refractivity contribution in [3.05, 3.63) is 74.1 Å². The van der Waals surface area contributed by atoms with Gasteiger partial charge >= 0.3 is 6.18 Å². The van der Waals surface area contributed by atoms with Crippen LogP contribution in [0.15, 0.2) is 47.3 Å². The maximum absolute atomic E-state index is 13.0. The number of benzene rings is 2. The summed E-state index contributed by atoms with van der Waals surface area (Å²) in [6.45, 7) is 0. The number of non-ortho nitro benzene ring substituents is 1. The summed E-state index contributed by atoms with van der Waals surface area (Å²) >= 11 is 0. The molecule has 37 heavy (non-hydrogen) atoms. The van der Waals surface area contributed by atoms with E-state index in [1.807, 2.05) is 0 Å². The minimum atomic E-state index is -4.59. The van der Waals surface area contributed by atoms with Crippen LogP contribution in [-0.2, 0) is 15.8 Å². The molecule has 0 spiro atoms. The van der Waals surface area contributed by atoms with Gasteiger partial charge in [-0.15, -0.1) is 0 Å². The summed E-state index contributed by atoms with van der Waals surface area (Å²) in [4.78, 5) is 54.9. The maximum Gasteiger partial charge on any atom is 0.416 e. The molecule has 2 aromatic carbocycles. The Morgan fingerprint density at radius 1 is 1.22 bits per heavy atom. The fraction of sp³-hybridized carbons (Fsp3) is 0.182. The Bertz CT molecular complexity index is 1470. The highest BCUT2D eigenvalue weighted by Crippen LogP contribution is 2.34. The van der Waals surface area contributed by atoms with Crippen LogP contribution < -0.4 is 26.2 Å². The van der Waals surface area contributed by atoms with Gasteiger partial charge in [0.05, 0.1) is 40.8 Å². The number of nitro groups is 1. The molecular weight excluding hydrogens is 501 g/mol. The minimum absolute atomic E-state index is 0.0179. The van der Waals surface area contributed by atoms with E-state index in [-0.39, 0.29) is 40.1 Å². The number of H-pyrrole nitrogens is 1. The average Bonchev–Trinajstić information content (AvgIpc) is 2.83. The van der Waals surface area contributed by atoms with E-state index >= 15 is 0 Å². The molecule has 15 heteroatoms. The quantitative estimate of drug-likeness (QED) is 0.284. The molecule has 1 aromatic heterocycles. The molecule has 4 rings (SSSR count). The highest BCUT2D eigenvalue weighted by atomic mass is 19.4. The number of hydrogen-bond acceptors (Lipinski definition) is 8. The van der Waals surface area contributed by atoms with Crippen molar-refractivity contribution in [1.29, 1.82) is 0 Å². The van der Waals surface area contributed by atoms with E-state index in [1.54, 1.807) is 0 Å². The number of methoxy groups -OCH3 is 1. The molecule has 0 fully saturated rings. The predicted octanol–water partition coefficient (Wildman–Crippen LogP) is 3.51. The van der Waals surface area contributed by atoms with E-state index in [9.17, 15) is 37.7 Å². The fourth-order valence-corrected chi connectivity index (χ4v) is 3.68. The Balaban J connectivity index is 1.63. The average molecular weight is 518 g/mol. The monoisotopic (exact) mass is 518 g/mol. The third-order valence-electron chi connectivity index (χ3n) is 5.37. The zero-order valence-corrected chi connectivity index (χ0v) is 18.8. The van der Waals surface area contributed by atoms with Gasteiger partial charge in [-0.05, 0) is 24.3 Å². The van der Waals surface area contributed by atoms with Crippen molar-refractivity contribution in [2.24, 2.45) is 0 Å². The van der Waals surface area contributed by atoms with Crippen LogP contribution in [-0.4, -0.2) is 33.8 Å². The number of nitrogens with zero attached hydrogens (tertiary/aromatic N) is 2. The number of anilines is 4. The number of hydrogen-bond donors (Lipinski definition) is 4. The largest absolute Gasteiger partial charge is 0.494 e. The summed E-state index contributed by atoms with van der Waals surface area (Å²) in [6.07, 6.45) is -4.99. The number of carbonyl (C=O) groups is 2. The number of nitrogens with one attached hydrogen (secondary N) is 4. The summed E-state index contributed by atoms with van der Waals surface area (Å²) in [5.41, 5.74) is -2.15. The molecule has 2 amide bonds. The third-order valence-corrected chi connectivity index (χ3v) is 5.37. The van der Waals surface area contributed by atoms with Crippen molar-refractivity contribution in [2.75, 3.05) is 23.1 Å². The van der Waals surface area contributed by atoms with E-state index in [2.05, 4.69) is 25.9 Å². The van der Waals surface area contributed by atoms with Crippen molar-refractivity contribution < 1.29 is 32.4 Å². The lowest BCUT2D eigenvalue weighted by molar-refractivity contribution is -0.384. The zero-order valence-electron chi connectivity index (χ0n) is 18.8. The third kappa shape index (κ3) is 5.34. The topological polar surface area (TPSA) is 168 Å². The molecule has 3 aromatic rings. The first kappa shape index (κ1) is 25.2. The van der Waals surface area contributed by atoms with E-state index < -0.39 is 46.4 Å². The molecular formula is C22H17F3N6O6. The molecule has 4 N–H and O–H groups in total. The molecule has 2 heterocycles. The number of rotatable bonds is 6. The summed E-state index contributed by atoms with van der Waals surface area (Å²) in [5.74, 6) is -3.23. The van der Waals surface area contributed by atoms with Crippen LogP contribution in [0.2, 0.25) is 0 Å². The Hall–Kier alpha value is -4.95. The number of amides is 2. The number of nitro benzene ring substituents is 1. The highest BCUT2D eigenvalue weighted by Gasteiger charge is 2.35. The Labute approximate surface area is 205 Å². The number of halogens is 3. The van der Waals surface area contributed by atoms with Crippen LogP contribution in [0.1, 0.15) is 23.5 Å². The molecule has 0 saturated carbocycles. The lowest BCUT2D eigenvalue weighted by Gasteiger charge is -2.24. The standard InChI is InChI=1S/C22H17F3N6O6/c1-37-15-8-12(31(35)36)5-6-14(15)27-19(33)13-9-16(32)28-18-17(13)20(34)30-21(29-18)26-11-4-2-3-10(7-11)22(23,24)25/h2-8,13H,9H2,1H3,(H,27,33)(H3,26,28,29,30,32,34). The van der Waals surface area contributed by atoms with Crippen molar-refractivity contribution in [2.45, 2.75) is 18.5 Å². The molecule has 1 aliphatic heterocycles. The molecule has 1 atom stereocenters.